The average Bonchev–Trinajstić information content (AvgIpc) is 3.22. The fourth-order valence-electron chi connectivity index (χ4n) is 8.69. The van der Waals surface area contributed by atoms with Crippen LogP contribution in [0.15, 0.2) is 12.2 Å². The summed E-state index contributed by atoms with van der Waals surface area (Å²) in [5.41, 5.74) is 1.44. The third kappa shape index (κ3) is 36.2. The fraction of sp³-hybridized carbons (Fsp3) is 0.923. The molecule has 358 valence electrons. The van der Waals surface area contributed by atoms with Crippen LogP contribution in [0.5, 0.6) is 0 Å². The number of nitrogens with zero attached hydrogens (tertiary/aromatic N) is 2. The topological polar surface area (TPSA) is 92.9 Å². The van der Waals surface area contributed by atoms with Crippen molar-refractivity contribution in [1.82, 2.24) is 4.90 Å². The van der Waals surface area contributed by atoms with Crippen molar-refractivity contribution >= 4 is 5.97 Å². The number of carbonyl (C=O) groups excluding carboxylic acids is 1. The molecule has 0 aliphatic rings. The molecular formula is C52H101CmN2O5-. The maximum atomic E-state index is 13.0. The van der Waals surface area contributed by atoms with Crippen molar-refractivity contribution in [2.24, 2.45) is 11.8 Å². The molecule has 0 heterocycles. The summed E-state index contributed by atoms with van der Waals surface area (Å²) < 4.78 is 5.78. The first-order valence-electron chi connectivity index (χ1n) is 25.9. The van der Waals surface area contributed by atoms with Gasteiger partial charge in [0.15, 0.2) is 0 Å². The Bertz CT molecular complexity index is 951. The zero-order chi connectivity index (χ0) is 43.6. The largest absolute Gasteiger partial charge is 0.465 e. The van der Waals surface area contributed by atoms with Gasteiger partial charge in [0.1, 0.15) is 0 Å². The Hall–Kier alpha value is -2.47. The molecule has 60 heavy (non-hydrogen) atoms. The number of allylic oxidation sites excluding steroid dienone is 1. The number of rotatable bonds is 47. The second-order valence-corrected chi connectivity index (χ2v) is 18.4. The second-order valence-electron chi connectivity index (χ2n) is 18.4. The molecule has 4 atom stereocenters. The quantitative estimate of drug-likeness (QED) is 0.0163. The maximum absolute atomic E-state index is 13.0. The van der Waals surface area contributed by atoms with Crippen LogP contribution in [0.2, 0.25) is 0 Å². The number of aliphatic hydroxyl groups is 1. The molecule has 0 spiro atoms. The first-order chi connectivity index (χ1) is 28.7. The third-order valence-corrected chi connectivity index (χ3v) is 12.7. The summed E-state index contributed by atoms with van der Waals surface area (Å²) >= 11 is 0. The molecule has 0 bridgehead atoms. The van der Waals surface area contributed by atoms with Gasteiger partial charge in [-0.05, 0) is 83.1 Å². The number of hydrogen-bond donors (Lipinski definition) is 1. The van der Waals surface area contributed by atoms with Gasteiger partial charge in [0, 0.05) is 17.9 Å². The van der Waals surface area contributed by atoms with Gasteiger partial charge in [-0.1, -0.05) is 188 Å². The molecule has 0 radical (unpaired) electrons. The molecule has 0 aliphatic heterocycles. The molecule has 0 fully saturated rings. The van der Waals surface area contributed by atoms with Crippen molar-refractivity contribution in [3.63, 3.8) is 0 Å². The van der Waals surface area contributed by atoms with E-state index in [4.69, 9.17) is 4.74 Å². The summed E-state index contributed by atoms with van der Waals surface area (Å²) in [6.07, 6.45) is 39.9. The Balaban J connectivity index is 0. The molecule has 1 N–H and O–H groups in total. The summed E-state index contributed by atoms with van der Waals surface area (Å²) in [5.74, 6) is 0.623. The normalized spacial score (nSPS) is 13.5. The minimum absolute atomic E-state index is 0. The van der Waals surface area contributed by atoms with Gasteiger partial charge in [0.05, 0.1) is 25.2 Å². The van der Waals surface area contributed by atoms with E-state index < -0.39 is 12.1 Å². The van der Waals surface area contributed by atoms with Gasteiger partial charge in [0.25, 0.3) is 0 Å². The summed E-state index contributed by atoms with van der Waals surface area (Å²) in [4.78, 5) is 27.3. The smallest absolute Gasteiger partial charge is 0.308 e. The first-order valence-corrected chi connectivity index (χ1v) is 25.9. The van der Waals surface area contributed by atoms with Crippen molar-refractivity contribution in [1.29, 1.82) is 0 Å². The number of nitro groups is 1. The van der Waals surface area contributed by atoms with Gasteiger partial charge in [-0.2, -0.15) is 6.42 Å². The van der Waals surface area contributed by atoms with Gasteiger partial charge in [-0.3, -0.25) is 19.8 Å². The van der Waals surface area contributed by atoms with Gasteiger partial charge in [-0.25, -0.2) is 0 Å². The monoisotopic (exact) mass is 1080 g/mol. The molecule has 2 unspecified atom stereocenters. The minimum Gasteiger partial charge on any atom is -0.465 e. The molecular weight excluding hydrogens is 980 g/mol. The molecule has 0 aromatic heterocycles. The minimum atomic E-state index is -0.618. The van der Waals surface area contributed by atoms with Gasteiger partial charge < -0.3 is 16.8 Å². The fourth-order valence-corrected chi connectivity index (χ4v) is 8.69. The Morgan fingerprint density at radius 2 is 1.03 bits per heavy atom. The predicted octanol–water partition coefficient (Wildman–Crippen LogP) is 15.6. The van der Waals surface area contributed by atoms with Crippen LogP contribution in [0.4, 0.5) is 0 Å². The Morgan fingerprint density at radius 3 is 1.53 bits per heavy atom. The van der Waals surface area contributed by atoms with Crippen LogP contribution in [0.25, 0.3) is 0 Å². The van der Waals surface area contributed by atoms with Crippen molar-refractivity contribution in [3.8, 4) is 0 Å². The standard InChI is InChI=1S/C52H101N2O5.Cm/c1-7-12-17-21-23-30-38-48(37-28-19-14-9-3)47(6)36-27-25-26-32-41-50(54(57)58)45-53(43-34-16-11-5)46-51(55)42-33-35-44-59-52(56)49(39-29-20-15-10-4)40-31-24-22-18-13-8-2;/h48-51,55H,5-46H2,1-4H3;/q-1;/t48?,49?,50-,51+;/m1./s1. The number of hydrogen-bond acceptors (Lipinski definition) is 6. The maximum Gasteiger partial charge on any atom is 0.308 e. The van der Waals surface area contributed by atoms with E-state index in [0.717, 1.165) is 96.4 Å². The molecule has 0 aliphatic carbocycles. The van der Waals surface area contributed by atoms with Crippen LogP contribution >= 0.6 is 0 Å². The van der Waals surface area contributed by atoms with E-state index in [2.05, 4.69) is 46.1 Å². The van der Waals surface area contributed by atoms with Crippen molar-refractivity contribution in [2.75, 3.05) is 26.2 Å². The van der Waals surface area contributed by atoms with Crippen LogP contribution in [0, 0.1) is 28.9 Å². The Labute approximate surface area is 367 Å². The van der Waals surface area contributed by atoms with Crippen LogP contribution in [0.3, 0.4) is 0 Å². The van der Waals surface area contributed by atoms with Crippen LogP contribution in [-0.4, -0.2) is 59.3 Å². The van der Waals surface area contributed by atoms with E-state index in [0.29, 0.717) is 38.5 Å². The predicted molar refractivity (Wildman–Crippen MR) is 255 cm³/mol. The molecule has 8 heteroatoms. The molecule has 0 saturated heterocycles. The van der Waals surface area contributed by atoms with E-state index in [9.17, 15) is 20.0 Å². The van der Waals surface area contributed by atoms with Gasteiger partial charge >= 0.3 is 5.97 Å². The van der Waals surface area contributed by atoms with Crippen molar-refractivity contribution < 1.29 is 19.6 Å². The van der Waals surface area contributed by atoms with Crippen LogP contribution in [-0.2, 0) is 9.53 Å². The summed E-state index contributed by atoms with van der Waals surface area (Å²) in [6, 6.07) is -0.618. The van der Waals surface area contributed by atoms with Crippen LogP contribution < -0.4 is 0 Å². The number of esters is 1. The zero-order valence-electron chi connectivity index (χ0n) is 40.3. The average molecular weight is 1080 g/mol. The van der Waals surface area contributed by atoms with E-state index >= 15 is 0 Å². The van der Waals surface area contributed by atoms with E-state index in [1.807, 2.05) is 0 Å². The van der Waals surface area contributed by atoms with E-state index in [1.165, 1.54) is 134 Å². The van der Waals surface area contributed by atoms with Gasteiger partial charge in [0.2, 0.25) is 6.04 Å². The number of carbonyl (C=O) groups is 1. The summed E-state index contributed by atoms with van der Waals surface area (Å²) in [5, 5.41) is 23.2. The summed E-state index contributed by atoms with van der Waals surface area (Å²) in [6.45, 7) is 19.5. The Morgan fingerprint density at radius 1 is 0.600 bits per heavy atom. The van der Waals surface area contributed by atoms with Crippen molar-refractivity contribution in [3.05, 3.63) is 29.2 Å². The van der Waals surface area contributed by atoms with E-state index in [-0.39, 0.29) is 16.8 Å². The number of ether oxygens (including phenoxy) is 1. The number of unbranched alkanes of at least 4 members (excludes halogenated alkanes) is 22. The molecule has 0 rings (SSSR count). The molecule has 7 nitrogen and oxygen atoms in total. The third-order valence-electron chi connectivity index (χ3n) is 12.7. The first kappa shape index (κ1) is 59.6. The molecule has 0 aromatic rings. The van der Waals surface area contributed by atoms with Crippen molar-refractivity contribution in [2.45, 2.75) is 271 Å². The molecule has 0 saturated carbocycles. The SMILES string of the molecule is C=C(CCCCCC[C@H](CN(CCCC[CH2-])C[C@@H](O)CCCCOC(=O)C(CCCCCC)CCCCCCCC)[N+](=O)[O-])C(CCCCCC)CCCCCCCC.[Cm]. The number of aliphatic hydroxyl groups excluding tert-OH is 1. The van der Waals surface area contributed by atoms with Gasteiger partial charge in [-0.15, -0.1) is 0 Å². The van der Waals surface area contributed by atoms with Crippen LogP contribution in [0.1, 0.15) is 259 Å². The molecule has 0 amide bonds. The second kappa shape index (κ2) is 44.6. The zero-order valence-corrected chi connectivity index (χ0v) is 43.3. The Kier molecular flexibility index (Phi) is 44.3. The molecule has 0 aromatic carbocycles. The summed E-state index contributed by atoms with van der Waals surface area (Å²) in [7, 11) is 0. The van der Waals surface area contributed by atoms with E-state index in [1.54, 1.807) is 0 Å².